The third-order valence-electron chi connectivity index (χ3n) is 8.06. The Morgan fingerprint density at radius 1 is 1.23 bits per heavy atom. The zero-order valence-electron chi connectivity index (χ0n) is 23.8. The maximum atomic E-state index is 13.1. The number of benzene rings is 1. The van der Waals surface area contributed by atoms with Crippen LogP contribution in [0.15, 0.2) is 65.8 Å². The van der Waals surface area contributed by atoms with Gasteiger partial charge in [0.15, 0.2) is 5.66 Å². The Kier molecular flexibility index (Phi) is 7.57. The number of likely N-dealkylation sites (N-methyl/N-ethyl adjacent to an activating group) is 1. The maximum absolute atomic E-state index is 13.1. The number of carbonyl (C=O) groups is 1. The number of anilines is 3. The minimum atomic E-state index is -1.14. The van der Waals surface area contributed by atoms with Crippen molar-refractivity contribution in [3.63, 3.8) is 0 Å². The molecule has 5 N–H and O–H groups in total. The van der Waals surface area contributed by atoms with Gasteiger partial charge in [0, 0.05) is 49.8 Å². The Hall–Kier alpha value is -3.89. The number of fused-ring (bicyclic) bond motifs is 1. The van der Waals surface area contributed by atoms with Gasteiger partial charge in [-0.2, -0.15) is 0 Å². The number of hydrogen-bond donors (Lipinski definition) is 5. The lowest BCUT2D eigenvalue weighted by molar-refractivity contribution is -0.117. The van der Waals surface area contributed by atoms with E-state index in [9.17, 15) is 9.90 Å². The number of aromatic nitrogens is 1. The van der Waals surface area contributed by atoms with Gasteiger partial charge < -0.3 is 36.2 Å². The van der Waals surface area contributed by atoms with Crippen LogP contribution in [-0.2, 0) is 16.8 Å². The van der Waals surface area contributed by atoms with E-state index in [0.717, 1.165) is 37.3 Å². The SMILES string of the molecule is C=CCNC(=O)C1=CNC(Nc2ccc(N3CCN(C)[C@H](C)C3)cc2)=NC1(C)Nc1ccc2c(n1)[C@@](C)(O)CC2. The number of rotatable bonds is 7. The smallest absolute Gasteiger partial charge is 0.253 e. The largest absolute Gasteiger partial charge is 0.384 e. The average molecular weight is 545 g/mol. The highest BCUT2D eigenvalue weighted by molar-refractivity contribution is 6.02. The zero-order chi connectivity index (χ0) is 28.5. The summed E-state index contributed by atoms with van der Waals surface area (Å²) < 4.78 is 0. The summed E-state index contributed by atoms with van der Waals surface area (Å²) in [6.07, 6.45) is 4.70. The molecule has 10 nitrogen and oxygen atoms in total. The van der Waals surface area contributed by atoms with Crippen LogP contribution in [0.3, 0.4) is 0 Å². The van der Waals surface area contributed by atoms with E-state index < -0.39 is 11.3 Å². The number of aliphatic imine (C=N–C) groups is 1. The molecule has 1 fully saturated rings. The van der Waals surface area contributed by atoms with Gasteiger partial charge in [-0.3, -0.25) is 4.79 Å². The molecule has 1 amide bonds. The molecular formula is C30H40N8O2. The lowest BCUT2D eigenvalue weighted by atomic mass is 10.00. The topological polar surface area (TPSA) is 117 Å². The number of nitrogens with zero attached hydrogens (tertiary/aromatic N) is 4. The van der Waals surface area contributed by atoms with Crippen molar-refractivity contribution >= 4 is 29.1 Å². The molecule has 3 heterocycles. The third kappa shape index (κ3) is 5.68. The number of piperazine rings is 1. The summed E-state index contributed by atoms with van der Waals surface area (Å²) in [7, 11) is 2.17. The maximum Gasteiger partial charge on any atom is 0.253 e. The molecule has 0 saturated carbocycles. The van der Waals surface area contributed by atoms with Crippen molar-refractivity contribution in [2.75, 3.05) is 48.8 Å². The molecule has 0 spiro atoms. The summed E-state index contributed by atoms with van der Waals surface area (Å²) >= 11 is 0. The lowest BCUT2D eigenvalue weighted by Crippen LogP contribution is -2.50. The van der Waals surface area contributed by atoms with Gasteiger partial charge in [0.1, 0.15) is 11.4 Å². The molecular weight excluding hydrogens is 504 g/mol. The third-order valence-corrected chi connectivity index (χ3v) is 8.06. The second-order valence-electron chi connectivity index (χ2n) is 11.3. The van der Waals surface area contributed by atoms with E-state index in [0.29, 0.717) is 42.1 Å². The molecule has 212 valence electrons. The first-order valence-corrected chi connectivity index (χ1v) is 13.9. The first-order chi connectivity index (χ1) is 19.1. The van der Waals surface area contributed by atoms with E-state index in [1.54, 1.807) is 19.2 Å². The highest BCUT2D eigenvalue weighted by Gasteiger charge is 2.38. The van der Waals surface area contributed by atoms with Crippen molar-refractivity contribution in [2.24, 2.45) is 4.99 Å². The highest BCUT2D eigenvalue weighted by Crippen LogP contribution is 2.36. The normalized spacial score (nSPS) is 26.2. The van der Waals surface area contributed by atoms with Crippen LogP contribution in [0.1, 0.15) is 38.4 Å². The number of carbonyl (C=O) groups excluding carboxylic acids is 1. The molecule has 2 aliphatic heterocycles. The average Bonchev–Trinajstić information content (AvgIpc) is 3.23. The molecule has 1 aromatic carbocycles. The Balaban J connectivity index is 1.37. The number of aryl methyl sites for hydroxylation is 1. The number of guanidine groups is 1. The number of hydrogen-bond acceptors (Lipinski definition) is 9. The van der Waals surface area contributed by atoms with E-state index in [4.69, 9.17) is 9.98 Å². The van der Waals surface area contributed by atoms with Gasteiger partial charge >= 0.3 is 0 Å². The second-order valence-corrected chi connectivity index (χ2v) is 11.3. The van der Waals surface area contributed by atoms with E-state index in [1.165, 1.54) is 5.69 Å². The quantitative estimate of drug-likeness (QED) is 0.338. The molecule has 1 aliphatic carbocycles. The Morgan fingerprint density at radius 3 is 2.73 bits per heavy atom. The van der Waals surface area contributed by atoms with Crippen molar-refractivity contribution in [2.45, 2.75) is 50.9 Å². The summed E-state index contributed by atoms with van der Waals surface area (Å²) in [5.41, 5.74) is 2.04. The van der Waals surface area contributed by atoms with E-state index in [2.05, 4.69) is 63.8 Å². The molecule has 1 unspecified atom stereocenters. The minimum Gasteiger partial charge on any atom is -0.384 e. The Labute approximate surface area is 236 Å². The predicted octanol–water partition coefficient (Wildman–Crippen LogP) is 2.76. The predicted molar refractivity (Wildman–Crippen MR) is 160 cm³/mol. The summed E-state index contributed by atoms with van der Waals surface area (Å²) in [6, 6.07) is 12.7. The molecule has 1 aromatic heterocycles. The Morgan fingerprint density at radius 2 is 2.00 bits per heavy atom. The van der Waals surface area contributed by atoms with E-state index in [-0.39, 0.29) is 5.91 Å². The summed E-state index contributed by atoms with van der Waals surface area (Å²) in [4.78, 5) is 27.5. The molecule has 1 saturated heterocycles. The molecule has 40 heavy (non-hydrogen) atoms. The van der Waals surface area contributed by atoms with Crippen molar-refractivity contribution in [3.05, 3.63) is 72.1 Å². The van der Waals surface area contributed by atoms with Gasteiger partial charge in [-0.25, -0.2) is 9.98 Å². The molecule has 2 aromatic rings. The summed E-state index contributed by atoms with van der Waals surface area (Å²) in [5, 5.41) is 23.5. The monoisotopic (exact) mass is 544 g/mol. The minimum absolute atomic E-state index is 0.274. The van der Waals surface area contributed by atoms with Crippen LogP contribution in [0, 0.1) is 0 Å². The van der Waals surface area contributed by atoms with Crippen LogP contribution in [0.4, 0.5) is 17.2 Å². The van der Waals surface area contributed by atoms with Gasteiger partial charge in [0.25, 0.3) is 5.91 Å². The fraction of sp³-hybridized carbons (Fsp3) is 0.433. The molecule has 10 heteroatoms. The summed E-state index contributed by atoms with van der Waals surface area (Å²) in [6.45, 7) is 12.9. The van der Waals surface area contributed by atoms with Crippen molar-refractivity contribution < 1.29 is 9.90 Å². The number of nitrogens with one attached hydrogen (secondary N) is 4. The number of aliphatic hydroxyl groups is 1. The second kappa shape index (κ2) is 10.9. The Bertz CT molecular complexity index is 1340. The van der Waals surface area contributed by atoms with Gasteiger partial charge in [-0.15, -0.1) is 6.58 Å². The van der Waals surface area contributed by atoms with Gasteiger partial charge in [0.05, 0.1) is 11.3 Å². The first kappa shape index (κ1) is 27.7. The molecule has 0 bridgehead atoms. The van der Waals surface area contributed by atoms with Crippen LogP contribution in [0.25, 0.3) is 0 Å². The fourth-order valence-corrected chi connectivity index (χ4v) is 5.45. The van der Waals surface area contributed by atoms with Crippen molar-refractivity contribution in [1.29, 1.82) is 0 Å². The van der Waals surface area contributed by atoms with Crippen LogP contribution in [0.2, 0.25) is 0 Å². The zero-order valence-corrected chi connectivity index (χ0v) is 23.8. The van der Waals surface area contributed by atoms with Gasteiger partial charge in [-0.1, -0.05) is 12.1 Å². The number of pyridine rings is 1. The van der Waals surface area contributed by atoms with Gasteiger partial charge in [0.2, 0.25) is 5.96 Å². The van der Waals surface area contributed by atoms with E-state index in [1.807, 2.05) is 31.2 Å². The fourth-order valence-electron chi connectivity index (χ4n) is 5.45. The lowest BCUT2D eigenvalue weighted by Gasteiger charge is -2.39. The number of amides is 1. The summed E-state index contributed by atoms with van der Waals surface area (Å²) in [5.74, 6) is 0.745. The molecule has 0 radical (unpaired) electrons. The van der Waals surface area contributed by atoms with Crippen LogP contribution < -0.4 is 26.2 Å². The van der Waals surface area contributed by atoms with Crippen molar-refractivity contribution in [1.82, 2.24) is 20.5 Å². The van der Waals surface area contributed by atoms with Crippen LogP contribution >= 0.6 is 0 Å². The standard InChI is InChI=1S/C30H40N8O2/c1-6-15-31-27(39)24-18-32-28(33-22-8-10-23(11-9-22)38-17-16-37(5)20(2)19-38)36-30(24,4)35-25-12-7-21-13-14-29(3,40)26(21)34-25/h6-12,18,20,40H,1,13-17,19H2,2-5H3,(H,31,39)(H,34,35)(H2,32,33,36)/t20-,29+,30?/m1/s1. The molecule has 5 rings (SSSR count). The van der Waals surface area contributed by atoms with Gasteiger partial charge in [-0.05, 0) is 76.6 Å². The van der Waals surface area contributed by atoms with Crippen LogP contribution in [-0.4, -0.2) is 71.8 Å². The first-order valence-electron chi connectivity index (χ1n) is 13.9. The molecule has 3 aliphatic rings. The van der Waals surface area contributed by atoms with Crippen LogP contribution in [0.5, 0.6) is 0 Å². The van der Waals surface area contributed by atoms with Crippen molar-refractivity contribution in [3.8, 4) is 0 Å². The van der Waals surface area contributed by atoms with E-state index >= 15 is 0 Å². The molecule has 3 atom stereocenters. The highest BCUT2D eigenvalue weighted by atomic mass is 16.3.